The van der Waals surface area contributed by atoms with Crippen molar-refractivity contribution in [2.24, 2.45) is 11.8 Å². The third-order valence-electron chi connectivity index (χ3n) is 14.0. The van der Waals surface area contributed by atoms with E-state index in [-0.39, 0.29) is 42.7 Å². The van der Waals surface area contributed by atoms with E-state index < -0.39 is 42.4 Å². The summed E-state index contributed by atoms with van der Waals surface area (Å²) >= 11 is 0. The number of phenolic OH excluding ortho intramolecular Hbond substituents is 3. The zero-order valence-corrected chi connectivity index (χ0v) is 37.0. The van der Waals surface area contributed by atoms with Crippen LogP contribution in [0.25, 0.3) is 21.9 Å². The molecule has 4 aliphatic rings. The first kappa shape index (κ1) is 44.9. The summed E-state index contributed by atoms with van der Waals surface area (Å²) in [5, 5.41) is 70.4. The molecule has 2 heterocycles. The minimum absolute atomic E-state index is 0.0335. The van der Waals surface area contributed by atoms with Crippen molar-refractivity contribution in [1.29, 1.82) is 0 Å². The molecule has 2 saturated carbocycles. The lowest BCUT2D eigenvalue weighted by Crippen LogP contribution is -2.51. The van der Waals surface area contributed by atoms with Gasteiger partial charge in [0.2, 0.25) is 0 Å². The monoisotopic (exact) mass is 891 g/mol. The molecule has 0 radical (unpaired) electrons. The number of rotatable bonds is 15. The van der Waals surface area contributed by atoms with Crippen molar-refractivity contribution in [2.45, 2.75) is 107 Å². The van der Waals surface area contributed by atoms with Gasteiger partial charge in [-0.2, -0.15) is 0 Å². The van der Waals surface area contributed by atoms with Crippen LogP contribution in [-0.2, 0) is 15.9 Å². The van der Waals surface area contributed by atoms with Crippen LogP contribution in [0, 0.1) is 11.8 Å². The smallest absolute Gasteiger partial charge is 0.133 e. The van der Waals surface area contributed by atoms with Crippen molar-refractivity contribution in [3.63, 3.8) is 0 Å². The Balaban J connectivity index is 1.17. The van der Waals surface area contributed by atoms with Crippen molar-refractivity contribution in [2.75, 3.05) is 34.2 Å². The van der Waals surface area contributed by atoms with Crippen LogP contribution in [0.2, 0.25) is 0 Å². The number of aromatic hydroxyl groups is 3. The lowest BCUT2D eigenvalue weighted by molar-refractivity contribution is -0.152. The first-order valence-electron chi connectivity index (χ1n) is 23.0. The van der Waals surface area contributed by atoms with Crippen LogP contribution in [0.4, 0.5) is 0 Å². The SMILES string of the molecule is COCCC[C@H]1Oc2c(cc(OC)c3cc(O)ccc23)[C@H](O[C@@H]2C[C@H](O)CC[C@H]2NCO)[C@@H]1[C@H]1COc2c(Cc3cc(O)ccc3-c3cccc(O)c3)cc(OC3CCCC3)cc2[C@H]1O. The topological polar surface area (TPSA) is 189 Å². The first-order chi connectivity index (χ1) is 31.6. The van der Waals surface area contributed by atoms with Gasteiger partial charge in [0.25, 0.3) is 0 Å². The van der Waals surface area contributed by atoms with E-state index in [0.717, 1.165) is 53.3 Å². The number of benzene rings is 5. The molecule has 13 heteroatoms. The van der Waals surface area contributed by atoms with E-state index in [1.807, 2.05) is 36.4 Å². The van der Waals surface area contributed by atoms with E-state index in [1.54, 1.807) is 56.7 Å². The summed E-state index contributed by atoms with van der Waals surface area (Å²) in [7, 11) is 3.24. The van der Waals surface area contributed by atoms with Crippen molar-refractivity contribution >= 4 is 10.8 Å². The molecule has 346 valence electrons. The Hall–Kier alpha value is -5.28. The van der Waals surface area contributed by atoms with Gasteiger partial charge in [-0.25, -0.2) is 0 Å². The Morgan fingerprint density at radius 2 is 1.58 bits per heavy atom. The average Bonchev–Trinajstić information content (AvgIpc) is 3.81. The highest BCUT2D eigenvalue weighted by Crippen LogP contribution is 2.55. The van der Waals surface area contributed by atoms with E-state index >= 15 is 0 Å². The molecule has 2 aliphatic carbocycles. The molecule has 0 unspecified atom stereocenters. The number of hydrogen-bond acceptors (Lipinski definition) is 13. The van der Waals surface area contributed by atoms with Crippen LogP contribution in [0.3, 0.4) is 0 Å². The molecule has 2 aliphatic heterocycles. The number of phenols is 3. The van der Waals surface area contributed by atoms with Gasteiger partial charge in [-0.3, -0.25) is 5.32 Å². The fourth-order valence-electron chi connectivity index (χ4n) is 10.8. The third kappa shape index (κ3) is 9.41. The Labute approximate surface area is 379 Å². The molecule has 7 N–H and O–H groups in total. The Morgan fingerprint density at radius 1 is 0.785 bits per heavy atom. The van der Waals surface area contributed by atoms with E-state index in [1.165, 1.54) is 0 Å². The fraction of sp³-hybridized carbons (Fsp3) is 0.462. The molecule has 0 bridgehead atoms. The summed E-state index contributed by atoms with van der Waals surface area (Å²) in [5.41, 5.74) is 4.49. The van der Waals surface area contributed by atoms with Crippen LogP contribution >= 0.6 is 0 Å². The van der Waals surface area contributed by atoms with Crippen molar-refractivity contribution < 1.29 is 59.1 Å². The molecule has 13 nitrogen and oxygen atoms in total. The Bertz CT molecular complexity index is 2450. The number of nitrogens with one attached hydrogen (secondary N) is 1. The summed E-state index contributed by atoms with van der Waals surface area (Å²) in [5.74, 6) is 1.48. The molecule has 5 aromatic carbocycles. The summed E-state index contributed by atoms with van der Waals surface area (Å²) in [6.45, 7) is 0.335. The zero-order chi connectivity index (χ0) is 45.2. The predicted octanol–water partition coefficient (Wildman–Crippen LogP) is 7.97. The molecule has 0 saturated heterocycles. The maximum Gasteiger partial charge on any atom is 0.133 e. The molecule has 65 heavy (non-hydrogen) atoms. The van der Waals surface area contributed by atoms with Gasteiger partial charge < -0.3 is 59.1 Å². The van der Waals surface area contributed by atoms with Gasteiger partial charge in [-0.05, 0) is 129 Å². The minimum atomic E-state index is -1.08. The van der Waals surface area contributed by atoms with Gasteiger partial charge >= 0.3 is 0 Å². The van der Waals surface area contributed by atoms with E-state index in [0.29, 0.717) is 84.6 Å². The molecule has 8 atom stereocenters. The fourth-order valence-corrected chi connectivity index (χ4v) is 10.8. The van der Waals surface area contributed by atoms with Crippen molar-refractivity contribution in [1.82, 2.24) is 5.32 Å². The van der Waals surface area contributed by atoms with Gasteiger partial charge in [0.05, 0.1) is 51.0 Å². The maximum absolute atomic E-state index is 13.0. The summed E-state index contributed by atoms with van der Waals surface area (Å²) in [4.78, 5) is 0. The third-order valence-corrected chi connectivity index (χ3v) is 14.0. The molecule has 2 fully saturated rings. The molecular weight excluding hydrogens is 831 g/mol. The average molecular weight is 892 g/mol. The van der Waals surface area contributed by atoms with Crippen LogP contribution in [-0.4, -0.2) is 95.3 Å². The Morgan fingerprint density at radius 3 is 2.37 bits per heavy atom. The van der Waals surface area contributed by atoms with Gasteiger partial charge in [0, 0.05) is 71.9 Å². The van der Waals surface area contributed by atoms with E-state index in [9.17, 15) is 30.6 Å². The summed E-state index contributed by atoms with van der Waals surface area (Å²) < 4.78 is 39.5. The van der Waals surface area contributed by atoms with Crippen LogP contribution in [0.1, 0.15) is 92.2 Å². The second kappa shape index (κ2) is 19.7. The predicted molar refractivity (Wildman–Crippen MR) is 244 cm³/mol. The van der Waals surface area contributed by atoms with Crippen LogP contribution in [0.15, 0.2) is 78.9 Å². The highest BCUT2D eigenvalue weighted by molar-refractivity contribution is 5.96. The summed E-state index contributed by atoms with van der Waals surface area (Å²) in [6, 6.07) is 22.8. The van der Waals surface area contributed by atoms with Crippen molar-refractivity contribution in [3.8, 4) is 51.4 Å². The summed E-state index contributed by atoms with van der Waals surface area (Å²) in [6.07, 6.45) is 3.67. The molecule has 0 aromatic heterocycles. The molecule has 0 amide bonds. The van der Waals surface area contributed by atoms with Gasteiger partial charge in [0.15, 0.2) is 0 Å². The van der Waals surface area contributed by atoms with Gasteiger partial charge in [-0.1, -0.05) is 18.2 Å². The number of aliphatic hydroxyl groups excluding tert-OH is 3. The largest absolute Gasteiger partial charge is 0.508 e. The van der Waals surface area contributed by atoms with E-state index in [4.69, 9.17) is 28.4 Å². The van der Waals surface area contributed by atoms with Crippen LogP contribution < -0.4 is 24.3 Å². The maximum atomic E-state index is 13.0. The van der Waals surface area contributed by atoms with Crippen molar-refractivity contribution in [3.05, 3.63) is 101 Å². The van der Waals surface area contributed by atoms with Crippen LogP contribution in [0.5, 0.6) is 40.2 Å². The molecule has 0 spiro atoms. The lowest BCUT2D eigenvalue weighted by atomic mass is 9.72. The number of methoxy groups -OCH3 is 2. The molecule has 5 aromatic rings. The molecular formula is C52H61NO12. The van der Waals surface area contributed by atoms with Gasteiger partial charge in [-0.15, -0.1) is 0 Å². The second-order valence-electron chi connectivity index (χ2n) is 18.1. The minimum Gasteiger partial charge on any atom is -0.508 e. The first-order valence-corrected chi connectivity index (χ1v) is 23.0. The quantitative estimate of drug-likeness (QED) is 0.0397. The Kier molecular flexibility index (Phi) is 13.6. The lowest BCUT2D eigenvalue weighted by Gasteiger charge is -2.48. The number of ether oxygens (including phenoxy) is 6. The van der Waals surface area contributed by atoms with Gasteiger partial charge in [0.1, 0.15) is 46.4 Å². The number of aliphatic hydroxyl groups is 3. The molecule has 9 rings (SSSR count). The van der Waals surface area contributed by atoms with E-state index in [2.05, 4.69) is 5.32 Å². The standard InChI is InChI=1S/C52H61NO12/c1-60-18-6-11-45-48(52(65-47-24-35(58)14-17-44(47)53-28-54)42-26-46(61-2)40-23-34(57)13-16-39(40)51(42)64-45)43-27-62-50-31(22-37(25-41(50)49(43)59)63-36-9-3-4-10-36)19-30-21-33(56)12-15-38(30)29-7-5-8-32(55)20-29/h5,7-8,12-13,15-16,20-23,25-26,35-36,43-45,47-49,52-59H,3-4,6,9-11,14,17-19,24,27-28H2,1-2H3/t35-,43-,44-,45-,47-,48-,49-,52+/m1/s1. The number of fused-ring (bicyclic) bond motifs is 4. The highest BCUT2D eigenvalue weighted by Gasteiger charge is 2.50. The highest BCUT2D eigenvalue weighted by atomic mass is 16.5. The normalized spacial score (nSPS) is 25.4. The zero-order valence-electron chi connectivity index (χ0n) is 37.0. The second-order valence-corrected chi connectivity index (χ2v) is 18.1. The number of hydrogen-bond donors (Lipinski definition) is 7.